The van der Waals surface area contributed by atoms with E-state index >= 15 is 0 Å². The number of aromatic nitrogens is 1. The highest BCUT2D eigenvalue weighted by Gasteiger charge is 2.38. The van der Waals surface area contributed by atoms with Crippen molar-refractivity contribution in [1.29, 1.82) is 0 Å². The SMILES string of the molecule is O=S(=O)(N[C@H](c1c[nH]c2ccccc12)C(Cl)(Cl)Cl)c1ccc(Cl)cc1. The number of rotatable bonds is 4. The van der Waals surface area contributed by atoms with E-state index in [0.29, 0.717) is 10.6 Å². The standard InChI is InChI=1S/C16H12Cl4N2O2S/c17-10-5-7-11(8-6-10)25(23,24)22-15(16(18,19)20)13-9-21-14-4-2-1-3-12(13)14/h1-9,15,21-22H/t15-/m1/s1. The molecule has 1 atom stereocenters. The van der Waals surface area contributed by atoms with Crippen molar-refractivity contribution in [2.45, 2.75) is 14.7 Å². The summed E-state index contributed by atoms with van der Waals surface area (Å²) in [5, 5.41) is 1.19. The van der Waals surface area contributed by atoms with Crippen molar-refractivity contribution in [3.63, 3.8) is 0 Å². The van der Waals surface area contributed by atoms with Crippen LogP contribution in [0.25, 0.3) is 10.9 Å². The molecule has 0 aliphatic carbocycles. The fourth-order valence-corrected chi connectivity index (χ4v) is 4.56. The summed E-state index contributed by atoms with van der Waals surface area (Å²) in [4.78, 5) is 3.07. The Balaban J connectivity index is 2.04. The molecule has 1 heterocycles. The maximum absolute atomic E-state index is 12.7. The molecule has 0 aliphatic rings. The van der Waals surface area contributed by atoms with Crippen LogP contribution in [0, 0.1) is 0 Å². The van der Waals surface area contributed by atoms with Gasteiger partial charge in [-0.3, -0.25) is 0 Å². The van der Waals surface area contributed by atoms with E-state index in [0.717, 1.165) is 10.9 Å². The average Bonchev–Trinajstić information content (AvgIpc) is 2.96. The molecular formula is C16H12Cl4N2O2S. The van der Waals surface area contributed by atoms with Crippen LogP contribution in [-0.2, 0) is 10.0 Å². The third-order valence-corrected chi connectivity index (χ3v) is 6.00. The molecule has 1 aromatic heterocycles. The van der Waals surface area contributed by atoms with E-state index in [1.165, 1.54) is 24.3 Å². The summed E-state index contributed by atoms with van der Waals surface area (Å²) in [7, 11) is -3.93. The van der Waals surface area contributed by atoms with Crippen LogP contribution in [0.5, 0.6) is 0 Å². The quantitative estimate of drug-likeness (QED) is 0.550. The second-order valence-corrected chi connectivity index (χ2v) is 9.86. The van der Waals surface area contributed by atoms with E-state index in [9.17, 15) is 8.42 Å². The van der Waals surface area contributed by atoms with Gasteiger partial charge in [0.05, 0.1) is 10.9 Å². The lowest BCUT2D eigenvalue weighted by Gasteiger charge is -2.25. The first-order valence-electron chi connectivity index (χ1n) is 7.09. The highest BCUT2D eigenvalue weighted by atomic mass is 35.6. The number of benzene rings is 2. The molecule has 25 heavy (non-hydrogen) atoms. The third-order valence-electron chi connectivity index (χ3n) is 3.66. The van der Waals surface area contributed by atoms with Crippen LogP contribution >= 0.6 is 46.4 Å². The smallest absolute Gasteiger partial charge is 0.241 e. The van der Waals surface area contributed by atoms with Gasteiger partial charge in [0.2, 0.25) is 13.8 Å². The fourth-order valence-electron chi connectivity index (χ4n) is 2.48. The minimum Gasteiger partial charge on any atom is -0.361 e. The summed E-state index contributed by atoms with van der Waals surface area (Å²) in [5.74, 6) is 0. The molecule has 0 spiro atoms. The molecule has 0 saturated carbocycles. The number of fused-ring (bicyclic) bond motifs is 1. The molecule has 0 radical (unpaired) electrons. The summed E-state index contributed by atoms with van der Waals surface area (Å²) < 4.78 is 26.0. The summed E-state index contributed by atoms with van der Waals surface area (Å²) in [6, 6.07) is 12.0. The van der Waals surface area contributed by atoms with E-state index < -0.39 is 19.9 Å². The third kappa shape index (κ3) is 4.08. The summed E-state index contributed by atoms with van der Waals surface area (Å²) in [5.41, 5.74) is 1.34. The number of hydrogen-bond donors (Lipinski definition) is 2. The molecule has 0 amide bonds. The van der Waals surface area contributed by atoms with Crippen LogP contribution in [0.1, 0.15) is 11.6 Å². The lowest BCUT2D eigenvalue weighted by molar-refractivity contribution is 0.559. The summed E-state index contributed by atoms with van der Waals surface area (Å²) in [6.45, 7) is 0. The van der Waals surface area contributed by atoms with Crippen LogP contribution < -0.4 is 4.72 Å². The van der Waals surface area contributed by atoms with Gasteiger partial charge in [-0.1, -0.05) is 64.6 Å². The Morgan fingerprint density at radius 2 is 1.64 bits per heavy atom. The molecule has 132 valence electrons. The van der Waals surface area contributed by atoms with E-state index in [1.54, 1.807) is 6.20 Å². The number of para-hydroxylation sites is 1. The Hall–Kier alpha value is -0.950. The molecule has 2 N–H and O–H groups in total. The molecule has 3 aromatic rings. The Kier molecular flexibility index (Phi) is 5.26. The molecule has 0 aliphatic heterocycles. The molecule has 0 unspecified atom stereocenters. The van der Waals surface area contributed by atoms with E-state index in [1.807, 2.05) is 24.3 Å². The molecule has 2 aromatic carbocycles. The zero-order valence-electron chi connectivity index (χ0n) is 12.5. The highest BCUT2D eigenvalue weighted by Crippen LogP contribution is 2.42. The number of hydrogen-bond acceptors (Lipinski definition) is 2. The first-order valence-corrected chi connectivity index (χ1v) is 10.1. The van der Waals surface area contributed by atoms with Crippen molar-refractivity contribution in [3.8, 4) is 0 Å². The Morgan fingerprint density at radius 3 is 2.28 bits per heavy atom. The molecule has 4 nitrogen and oxygen atoms in total. The zero-order valence-corrected chi connectivity index (χ0v) is 16.4. The Bertz CT molecular complexity index is 995. The monoisotopic (exact) mass is 436 g/mol. The van der Waals surface area contributed by atoms with Crippen molar-refractivity contribution >= 4 is 67.3 Å². The number of aromatic amines is 1. The van der Waals surface area contributed by atoms with Gasteiger partial charge in [0.1, 0.15) is 0 Å². The van der Waals surface area contributed by atoms with Crippen molar-refractivity contribution in [1.82, 2.24) is 9.71 Å². The molecule has 9 heteroatoms. The second-order valence-electron chi connectivity index (χ2n) is 5.34. The Labute approximate surface area is 165 Å². The van der Waals surface area contributed by atoms with Crippen LogP contribution in [0.2, 0.25) is 5.02 Å². The number of sulfonamides is 1. The van der Waals surface area contributed by atoms with E-state index in [4.69, 9.17) is 46.4 Å². The van der Waals surface area contributed by atoms with Gasteiger partial charge in [-0.15, -0.1) is 0 Å². The van der Waals surface area contributed by atoms with Crippen molar-refractivity contribution in [2.24, 2.45) is 0 Å². The van der Waals surface area contributed by atoms with Gasteiger partial charge in [0, 0.05) is 22.1 Å². The predicted octanol–water partition coefficient (Wildman–Crippen LogP) is 5.21. The molecule has 0 fully saturated rings. The lowest BCUT2D eigenvalue weighted by atomic mass is 10.1. The van der Waals surface area contributed by atoms with Crippen molar-refractivity contribution in [3.05, 3.63) is 65.3 Å². The molecule has 3 rings (SSSR count). The minimum absolute atomic E-state index is 0.0241. The predicted molar refractivity (Wildman–Crippen MR) is 103 cm³/mol. The first-order chi connectivity index (χ1) is 11.7. The molecule has 0 saturated heterocycles. The van der Waals surface area contributed by atoms with E-state index in [-0.39, 0.29) is 4.90 Å². The van der Waals surface area contributed by atoms with Gasteiger partial charge in [-0.25, -0.2) is 8.42 Å². The van der Waals surface area contributed by atoms with Gasteiger partial charge in [-0.05, 0) is 35.9 Å². The maximum Gasteiger partial charge on any atom is 0.241 e. The van der Waals surface area contributed by atoms with Gasteiger partial charge in [-0.2, -0.15) is 4.72 Å². The topological polar surface area (TPSA) is 62.0 Å². The second kappa shape index (κ2) is 6.99. The molecular weight excluding hydrogens is 426 g/mol. The van der Waals surface area contributed by atoms with Crippen LogP contribution in [0.4, 0.5) is 0 Å². The summed E-state index contributed by atoms with van der Waals surface area (Å²) in [6.07, 6.45) is 1.63. The van der Waals surface area contributed by atoms with Crippen molar-refractivity contribution < 1.29 is 8.42 Å². The van der Waals surface area contributed by atoms with Crippen LogP contribution in [0.3, 0.4) is 0 Å². The number of nitrogens with one attached hydrogen (secondary N) is 2. The first kappa shape index (κ1) is 18.8. The fraction of sp³-hybridized carbons (Fsp3) is 0.125. The number of H-pyrrole nitrogens is 1. The van der Waals surface area contributed by atoms with E-state index in [2.05, 4.69) is 9.71 Å². The highest BCUT2D eigenvalue weighted by molar-refractivity contribution is 7.89. The van der Waals surface area contributed by atoms with Gasteiger partial charge >= 0.3 is 0 Å². The molecule has 0 bridgehead atoms. The van der Waals surface area contributed by atoms with Crippen LogP contribution in [0.15, 0.2) is 59.6 Å². The zero-order chi connectivity index (χ0) is 18.2. The largest absolute Gasteiger partial charge is 0.361 e. The number of halogens is 4. The number of alkyl halides is 3. The average molecular weight is 438 g/mol. The normalized spacial score (nSPS) is 13.9. The minimum atomic E-state index is -3.93. The van der Waals surface area contributed by atoms with Gasteiger partial charge < -0.3 is 4.98 Å². The van der Waals surface area contributed by atoms with Crippen molar-refractivity contribution in [2.75, 3.05) is 0 Å². The van der Waals surface area contributed by atoms with Gasteiger partial charge in [0.25, 0.3) is 0 Å². The Morgan fingerprint density at radius 1 is 1.00 bits per heavy atom. The summed E-state index contributed by atoms with van der Waals surface area (Å²) >= 11 is 24.0. The van der Waals surface area contributed by atoms with Gasteiger partial charge in [0.15, 0.2) is 0 Å². The lowest BCUT2D eigenvalue weighted by Crippen LogP contribution is -2.36. The van der Waals surface area contributed by atoms with Crippen LogP contribution in [-0.4, -0.2) is 17.2 Å². The maximum atomic E-state index is 12.7.